The van der Waals surface area contributed by atoms with Crippen LogP contribution >= 0.6 is 0 Å². The zero-order chi connectivity index (χ0) is 9.71. The van der Waals surface area contributed by atoms with Gasteiger partial charge in [0.2, 0.25) is 0 Å². The molecule has 4 nitrogen and oxygen atoms in total. The SMILES string of the molecule is O=C1c2cccn2C(=O)[C@@H]2CCCN12. The lowest BCUT2D eigenvalue weighted by molar-refractivity contribution is 0.0569. The molecule has 3 heterocycles. The van der Waals surface area contributed by atoms with Gasteiger partial charge in [0, 0.05) is 12.7 Å². The second-order valence-electron chi connectivity index (χ2n) is 3.76. The van der Waals surface area contributed by atoms with Gasteiger partial charge in [0.25, 0.3) is 11.8 Å². The summed E-state index contributed by atoms with van der Waals surface area (Å²) in [5, 5.41) is 0. The van der Waals surface area contributed by atoms with Crippen molar-refractivity contribution in [3.05, 3.63) is 24.0 Å². The van der Waals surface area contributed by atoms with Crippen molar-refractivity contribution in [2.75, 3.05) is 6.54 Å². The minimum Gasteiger partial charge on any atom is -0.325 e. The zero-order valence-corrected chi connectivity index (χ0v) is 7.64. The highest BCUT2D eigenvalue weighted by molar-refractivity contribution is 6.04. The minimum absolute atomic E-state index is 0.00269. The van der Waals surface area contributed by atoms with Crippen LogP contribution in [-0.4, -0.2) is 33.9 Å². The fourth-order valence-electron chi connectivity index (χ4n) is 2.32. The Bertz CT molecular complexity index is 385. The number of amides is 1. The van der Waals surface area contributed by atoms with Gasteiger partial charge in [0.1, 0.15) is 11.7 Å². The maximum absolute atomic E-state index is 11.9. The predicted octanol–water partition coefficient (Wildman–Crippen LogP) is 0.746. The smallest absolute Gasteiger partial charge is 0.271 e. The third-order valence-electron chi connectivity index (χ3n) is 3.00. The van der Waals surface area contributed by atoms with Crippen LogP contribution in [0.1, 0.15) is 28.1 Å². The molecule has 1 saturated heterocycles. The number of hydrogen-bond acceptors (Lipinski definition) is 2. The quantitative estimate of drug-likeness (QED) is 0.605. The van der Waals surface area contributed by atoms with Gasteiger partial charge in [0.05, 0.1) is 0 Å². The number of carbonyl (C=O) groups is 2. The molecule has 0 aliphatic carbocycles. The highest BCUT2D eigenvalue weighted by Crippen LogP contribution is 2.26. The molecule has 0 aromatic carbocycles. The molecule has 2 aliphatic heterocycles. The predicted molar refractivity (Wildman–Crippen MR) is 49.1 cm³/mol. The topological polar surface area (TPSA) is 42.3 Å². The number of fused-ring (bicyclic) bond motifs is 2. The maximum Gasteiger partial charge on any atom is 0.271 e. The molecule has 0 bridgehead atoms. The summed E-state index contributed by atoms with van der Waals surface area (Å²) < 4.78 is 1.48. The van der Waals surface area contributed by atoms with Gasteiger partial charge in [-0.1, -0.05) is 0 Å². The van der Waals surface area contributed by atoms with E-state index in [9.17, 15) is 9.59 Å². The Labute approximate surface area is 81.1 Å². The number of rotatable bonds is 0. The Kier molecular flexibility index (Phi) is 1.37. The van der Waals surface area contributed by atoms with Gasteiger partial charge in [-0.15, -0.1) is 0 Å². The van der Waals surface area contributed by atoms with Gasteiger partial charge in [-0.05, 0) is 25.0 Å². The summed E-state index contributed by atoms with van der Waals surface area (Å²) in [5.74, 6) is 0.0409. The lowest BCUT2D eigenvalue weighted by Gasteiger charge is -2.29. The third kappa shape index (κ3) is 0.780. The Morgan fingerprint density at radius 1 is 1.36 bits per heavy atom. The largest absolute Gasteiger partial charge is 0.325 e. The molecule has 1 atom stereocenters. The molecule has 0 saturated carbocycles. The molecule has 14 heavy (non-hydrogen) atoms. The van der Waals surface area contributed by atoms with Crippen molar-refractivity contribution in [2.45, 2.75) is 18.9 Å². The van der Waals surface area contributed by atoms with E-state index in [1.165, 1.54) is 4.57 Å². The fourth-order valence-corrected chi connectivity index (χ4v) is 2.32. The number of nitrogens with zero attached hydrogens (tertiary/aromatic N) is 2. The molecular formula is C10H10N2O2. The third-order valence-corrected chi connectivity index (χ3v) is 3.00. The molecule has 0 N–H and O–H groups in total. The first-order chi connectivity index (χ1) is 6.79. The first-order valence-electron chi connectivity index (χ1n) is 4.81. The van der Waals surface area contributed by atoms with Crippen molar-refractivity contribution >= 4 is 11.8 Å². The molecule has 0 radical (unpaired) electrons. The van der Waals surface area contributed by atoms with E-state index < -0.39 is 0 Å². The average Bonchev–Trinajstić information content (AvgIpc) is 2.82. The van der Waals surface area contributed by atoms with Crippen molar-refractivity contribution in [1.82, 2.24) is 9.47 Å². The summed E-state index contributed by atoms with van der Waals surface area (Å²) in [6.45, 7) is 0.723. The molecule has 1 amide bonds. The molecule has 1 fully saturated rings. The van der Waals surface area contributed by atoms with Crippen LogP contribution in [-0.2, 0) is 0 Å². The standard InChI is InChI=1S/C10H10N2O2/c13-9-7-3-1-5-11(7)10(14)8-4-2-6-12(8)9/h1,3,5,8H,2,4,6H2/t8-/m0/s1. The summed E-state index contributed by atoms with van der Waals surface area (Å²) in [6, 6.07) is 3.24. The van der Waals surface area contributed by atoms with Crippen LogP contribution < -0.4 is 0 Å². The normalized spacial score (nSPS) is 25.1. The zero-order valence-electron chi connectivity index (χ0n) is 7.64. The van der Waals surface area contributed by atoms with Crippen LogP contribution in [0.3, 0.4) is 0 Å². The molecule has 2 aliphatic rings. The molecule has 0 unspecified atom stereocenters. The van der Waals surface area contributed by atoms with Gasteiger partial charge in [-0.3, -0.25) is 14.2 Å². The number of carbonyl (C=O) groups excluding carboxylic acids is 2. The second kappa shape index (κ2) is 2.47. The maximum atomic E-state index is 11.9. The van der Waals surface area contributed by atoms with E-state index in [1.807, 2.05) is 0 Å². The summed E-state index contributed by atoms with van der Waals surface area (Å²) >= 11 is 0. The lowest BCUT2D eigenvalue weighted by Crippen LogP contribution is -2.48. The Morgan fingerprint density at radius 2 is 2.21 bits per heavy atom. The van der Waals surface area contributed by atoms with E-state index in [1.54, 1.807) is 23.2 Å². The molecule has 72 valence electrons. The lowest BCUT2D eigenvalue weighted by atomic mass is 10.1. The monoisotopic (exact) mass is 190 g/mol. The molecule has 1 aromatic rings. The highest BCUT2D eigenvalue weighted by Gasteiger charge is 2.40. The minimum atomic E-state index is -0.206. The first-order valence-corrected chi connectivity index (χ1v) is 4.81. The summed E-state index contributed by atoms with van der Waals surface area (Å²) in [7, 11) is 0. The summed E-state index contributed by atoms with van der Waals surface area (Å²) in [4.78, 5) is 25.4. The van der Waals surface area contributed by atoms with E-state index in [0.717, 1.165) is 19.4 Å². The highest BCUT2D eigenvalue weighted by atomic mass is 16.2. The average molecular weight is 190 g/mol. The van der Waals surface area contributed by atoms with Crippen molar-refractivity contribution in [3.8, 4) is 0 Å². The molecule has 3 rings (SSSR count). The summed E-state index contributed by atoms with van der Waals surface area (Å²) in [5.41, 5.74) is 0.508. The van der Waals surface area contributed by atoms with Crippen molar-refractivity contribution in [2.24, 2.45) is 0 Å². The van der Waals surface area contributed by atoms with Crippen LogP contribution in [0.2, 0.25) is 0 Å². The van der Waals surface area contributed by atoms with Gasteiger partial charge >= 0.3 is 0 Å². The van der Waals surface area contributed by atoms with E-state index in [2.05, 4.69) is 0 Å². The van der Waals surface area contributed by atoms with Crippen molar-refractivity contribution < 1.29 is 9.59 Å². The van der Waals surface area contributed by atoms with Gasteiger partial charge in [-0.25, -0.2) is 0 Å². The van der Waals surface area contributed by atoms with Crippen LogP contribution in [0, 0.1) is 0 Å². The number of hydrogen-bond donors (Lipinski definition) is 0. The fraction of sp³-hybridized carbons (Fsp3) is 0.400. The van der Waals surface area contributed by atoms with Crippen LogP contribution in [0.4, 0.5) is 0 Å². The molecule has 0 spiro atoms. The van der Waals surface area contributed by atoms with E-state index in [4.69, 9.17) is 0 Å². The Hall–Kier alpha value is -1.58. The van der Waals surface area contributed by atoms with Crippen LogP contribution in [0.15, 0.2) is 18.3 Å². The molecule has 4 heteroatoms. The van der Waals surface area contributed by atoms with Crippen LogP contribution in [0.25, 0.3) is 0 Å². The Morgan fingerprint density at radius 3 is 3.07 bits per heavy atom. The van der Waals surface area contributed by atoms with Gasteiger partial charge < -0.3 is 4.90 Å². The van der Waals surface area contributed by atoms with Crippen molar-refractivity contribution in [3.63, 3.8) is 0 Å². The van der Waals surface area contributed by atoms with Crippen molar-refractivity contribution in [1.29, 1.82) is 0 Å². The molecule has 1 aromatic heterocycles. The Balaban J connectivity index is 2.17. The van der Waals surface area contributed by atoms with E-state index >= 15 is 0 Å². The summed E-state index contributed by atoms with van der Waals surface area (Å²) in [6.07, 6.45) is 3.42. The number of aromatic nitrogens is 1. The van der Waals surface area contributed by atoms with E-state index in [-0.39, 0.29) is 17.9 Å². The van der Waals surface area contributed by atoms with Gasteiger partial charge in [-0.2, -0.15) is 0 Å². The van der Waals surface area contributed by atoms with E-state index in [0.29, 0.717) is 5.69 Å². The van der Waals surface area contributed by atoms with Gasteiger partial charge in [0.15, 0.2) is 0 Å². The second-order valence-corrected chi connectivity index (χ2v) is 3.76. The molecular weight excluding hydrogens is 180 g/mol. The van der Waals surface area contributed by atoms with Crippen LogP contribution in [0.5, 0.6) is 0 Å². The first kappa shape index (κ1) is 7.79.